The second-order valence-electron chi connectivity index (χ2n) is 3.94. The molecule has 19 heavy (non-hydrogen) atoms. The Morgan fingerprint density at radius 1 is 1.32 bits per heavy atom. The third kappa shape index (κ3) is 3.87. The molecule has 0 aliphatic heterocycles. The quantitative estimate of drug-likeness (QED) is 0.806. The summed E-state index contributed by atoms with van der Waals surface area (Å²) in [7, 11) is 4.31. The van der Waals surface area contributed by atoms with Crippen LogP contribution in [0.1, 0.15) is 16.8 Å². The molecular weight excluding hydrogens is 250 g/mol. The summed E-state index contributed by atoms with van der Waals surface area (Å²) < 4.78 is 9.50. The van der Waals surface area contributed by atoms with Crippen molar-refractivity contribution < 1.29 is 24.2 Å². The van der Waals surface area contributed by atoms with Crippen LogP contribution in [-0.2, 0) is 9.53 Å². The van der Waals surface area contributed by atoms with Gasteiger partial charge >= 0.3 is 5.97 Å². The first-order valence-electron chi connectivity index (χ1n) is 5.69. The van der Waals surface area contributed by atoms with Gasteiger partial charge in [-0.05, 0) is 18.2 Å². The van der Waals surface area contributed by atoms with Gasteiger partial charge < -0.3 is 19.5 Å². The van der Waals surface area contributed by atoms with Crippen LogP contribution in [0.3, 0.4) is 0 Å². The monoisotopic (exact) mass is 267 g/mol. The highest BCUT2D eigenvalue weighted by Crippen LogP contribution is 2.23. The number of rotatable bonds is 5. The Hall–Kier alpha value is -2.24. The van der Waals surface area contributed by atoms with Gasteiger partial charge in [0.2, 0.25) is 0 Å². The number of nitrogens with zero attached hydrogens (tertiary/aromatic N) is 1. The zero-order valence-corrected chi connectivity index (χ0v) is 11.2. The van der Waals surface area contributed by atoms with E-state index in [0.29, 0.717) is 5.75 Å². The summed E-state index contributed by atoms with van der Waals surface area (Å²) in [6.07, 6.45) is 0.101. The number of amides is 1. The second-order valence-corrected chi connectivity index (χ2v) is 3.94. The average Bonchev–Trinajstić information content (AvgIpc) is 2.44. The first kappa shape index (κ1) is 14.8. The highest BCUT2D eigenvalue weighted by atomic mass is 16.5. The van der Waals surface area contributed by atoms with Crippen LogP contribution >= 0.6 is 0 Å². The lowest BCUT2D eigenvalue weighted by Crippen LogP contribution is -2.29. The molecule has 0 unspecified atom stereocenters. The highest BCUT2D eigenvalue weighted by molar-refractivity contribution is 5.97. The average molecular weight is 267 g/mol. The maximum atomic E-state index is 12.1. The molecule has 0 atom stereocenters. The van der Waals surface area contributed by atoms with Gasteiger partial charge in [0.1, 0.15) is 11.5 Å². The number of aromatic hydroxyl groups is 1. The Balaban J connectivity index is 2.78. The third-order valence-electron chi connectivity index (χ3n) is 2.66. The van der Waals surface area contributed by atoms with Gasteiger partial charge in [-0.15, -0.1) is 0 Å². The molecule has 0 heterocycles. The minimum absolute atomic E-state index is 0.101. The molecule has 1 rings (SSSR count). The molecule has 1 aromatic carbocycles. The summed E-state index contributed by atoms with van der Waals surface area (Å²) in [4.78, 5) is 24.4. The van der Waals surface area contributed by atoms with Crippen LogP contribution < -0.4 is 4.74 Å². The fourth-order valence-corrected chi connectivity index (χ4v) is 1.48. The lowest BCUT2D eigenvalue weighted by molar-refractivity contribution is -0.140. The number of benzene rings is 1. The van der Waals surface area contributed by atoms with Crippen molar-refractivity contribution in [3.63, 3.8) is 0 Å². The molecule has 1 aromatic rings. The van der Waals surface area contributed by atoms with Gasteiger partial charge in [0.25, 0.3) is 5.91 Å². The molecule has 0 spiro atoms. The molecule has 104 valence electrons. The Morgan fingerprint density at radius 3 is 2.58 bits per heavy atom. The van der Waals surface area contributed by atoms with Crippen LogP contribution in [0, 0.1) is 0 Å². The van der Waals surface area contributed by atoms with Crippen molar-refractivity contribution in [1.82, 2.24) is 4.90 Å². The Labute approximate surface area is 111 Å². The molecule has 0 aromatic heterocycles. The number of carbonyl (C=O) groups excluding carboxylic acids is 2. The largest absolute Gasteiger partial charge is 0.507 e. The zero-order valence-electron chi connectivity index (χ0n) is 11.2. The lowest BCUT2D eigenvalue weighted by Gasteiger charge is -2.17. The standard InChI is InChI=1S/C13H17NO5/c1-14(7-6-12(16)19-3)13(17)10-8-9(18-2)4-5-11(10)15/h4-5,8,15H,6-7H2,1-3H3. The van der Waals surface area contributed by atoms with Gasteiger partial charge in [-0.25, -0.2) is 0 Å². The molecule has 0 aliphatic rings. The van der Waals surface area contributed by atoms with Crippen molar-refractivity contribution >= 4 is 11.9 Å². The molecule has 6 heteroatoms. The molecule has 0 saturated heterocycles. The number of hydrogen-bond donors (Lipinski definition) is 1. The van der Waals surface area contributed by atoms with E-state index in [2.05, 4.69) is 4.74 Å². The van der Waals surface area contributed by atoms with Crippen molar-refractivity contribution in [3.05, 3.63) is 23.8 Å². The van der Waals surface area contributed by atoms with Gasteiger partial charge in [0.15, 0.2) is 0 Å². The van der Waals surface area contributed by atoms with Crippen molar-refractivity contribution in [2.45, 2.75) is 6.42 Å². The number of phenols is 1. The Bertz CT molecular complexity index is 472. The topological polar surface area (TPSA) is 76.1 Å². The van der Waals surface area contributed by atoms with Crippen LogP contribution in [0.25, 0.3) is 0 Å². The maximum Gasteiger partial charge on any atom is 0.307 e. The molecule has 0 aliphatic carbocycles. The molecule has 1 amide bonds. The van der Waals surface area contributed by atoms with E-state index in [1.54, 1.807) is 13.1 Å². The second kappa shape index (κ2) is 6.63. The third-order valence-corrected chi connectivity index (χ3v) is 2.66. The van der Waals surface area contributed by atoms with Crippen molar-refractivity contribution in [2.24, 2.45) is 0 Å². The van der Waals surface area contributed by atoms with E-state index in [1.165, 1.54) is 31.3 Å². The van der Waals surface area contributed by atoms with Gasteiger partial charge in [-0.1, -0.05) is 0 Å². The van der Waals surface area contributed by atoms with Gasteiger partial charge in [0, 0.05) is 13.6 Å². The number of hydrogen-bond acceptors (Lipinski definition) is 5. The predicted octanol–water partition coefficient (Wildman–Crippen LogP) is 1.04. The molecule has 0 saturated carbocycles. The molecular formula is C13H17NO5. The SMILES string of the molecule is COC(=O)CCN(C)C(=O)c1cc(OC)ccc1O. The Morgan fingerprint density at radius 2 is 2.00 bits per heavy atom. The summed E-state index contributed by atoms with van der Waals surface area (Å²) in [5.74, 6) is -0.437. The van der Waals surface area contributed by atoms with Crippen LogP contribution in [0.2, 0.25) is 0 Å². The minimum atomic E-state index is -0.394. The van der Waals surface area contributed by atoms with E-state index in [0.717, 1.165) is 0 Å². The fourth-order valence-electron chi connectivity index (χ4n) is 1.48. The number of phenolic OH excluding ortho intramolecular Hbond substituents is 1. The van der Waals surface area contributed by atoms with E-state index in [1.807, 2.05) is 0 Å². The lowest BCUT2D eigenvalue weighted by atomic mass is 10.1. The summed E-state index contributed by atoms with van der Waals surface area (Å²) in [6.45, 7) is 0.210. The highest BCUT2D eigenvalue weighted by Gasteiger charge is 2.17. The zero-order chi connectivity index (χ0) is 14.4. The number of methoxy groups -OCH3 is 2. The fraction of sp³-hybridized carbons (Fsp3) is 0.385. The van der Waals surface area contributed by atoms with E-state index in [-0.39, 0.29) is 30.2 Å². The molecule has 0 fully saturated rings. The van der Waals surface area contributed by atoms with E-state index in [4.69, 9.17) is 4.74 Å². The smallest absolute Gasteiger partial charge is 0.307 e. The molecule has 0 bridgehead atoms. The Kier molecular flexibility index (Phi) is 5.17. The van der Waals surface area contributed by atoms with E-state index >= 15 is 0 Å². The van der Waals surface area contributed by atoms with Crippen molar-refractivity contribution in [2.75, 3.05) is 27.8 Å². The number of ether oxygens (including phenoxy) is 2. The molecule has 6 nitrogen and oxygen atoms in total. The predicted molar refractivity (Wildman–Crippen MR) is 68.3 cm³/mol. The number of esters is 1. The normalized spacial score (nSPS) is 9.84. The van der Waals surface area contributed by atoms with Gasteiger partial charge in [0.05, 0.1) is 26.2 Å². The van der Waals surface area contributed by atoms with E-state index < -0.39 is 5.97 Å². The van der Waals surface area contributed by atoms with Crippen LogP contribution in [0.4, 0.5) is 0 Å². The van der Waals surface area contributed by atoms with E-state index in [9.17, 15) is 14.7 Å². The van der Waals surface area contributed by atoms with Crippen molar-refractivity contribution in [1.29, 1.82) is 0 Å². The molecule has 1 N–H and O–H groups in total. The molecule has 0 radical (unpaired) electrons. The summed E-state index contributed by atoms with van der Waals surface area (Å²) in [5, 5.41) is 9.68. The van der Waals surface area contributed by atoms with Crippen molar-refractivity contribution in [3.8, 4) is 11.5 Å². The van der Waals surface area contributed by atoms with Gasteiger partial charge in [-0.3, -0.25) is 9.59 Å². The van der Waals surface area contributed by atoms with Gasteiger partial charge in [-0.2, -0.15) is 0 Å². The first-order valence-corrected chi connectivity index (χ1v) is 5.69. The minimum Gasteiger partial charge on any atom is -0.507 e. The summed E-state index contributed by atoms with van der Waals surface area (Å²) in [5.41, 5.74) is 0.131. The van der Waals surface area contributed by atoms with Crippen LogP contribution in [-0.4, -0.2) is 49.7 Å². The summed E-state index contributed by atoms with van der Waals surface area (Å²) in [6, 6.07) is 4.40. The summed E-state index contributed by atoms with van der Waals surface area (Å²) >= 11 is 0. The van der Waals surface area contributed by atoms with Crippen LogP contribution in [0.15, 0.2) is 18.2 Å². The maximum absolute atomic E-state index is 12.1. The number of carbonyl (C=O) groups is 2. The first-order chi connectivity index (χ1) is 8.99. The van der Waals surface area contributed by atoms with Crippen LogP contribution in [0.5, 0.6) is 11.5 Å².